The Bertz CT molecular complexity index is 143. The standard InChI is InChI=1S/C6H9NO2/c1-2-4-7-5-3-6(8)9/h2-4H2,1H3/p+1. The van der Waals surface area contributed by atoms with Gasteiger partial charge in [0.05, 0.1) is 0 Å². The minimum atomic E-state index is -0.880. The molecule has 0 heterocycles. The number of rotatable bonds is 2. The van der Waals surface area contributed by atoms with Crippen LogP contribution < -0.4 is 0 Å². The molecule has 0 aromatic carbocycles. The summed E-state index contributed by atoms with van der Waals surface area (Å²) in [7, 11) is 0. The molecule has 0 aliphatic carbocycles. The number of aliphatic carboxylic acids is 1. The Morgan fingerprint density at radius 2 is 2.44 bits per heavy atom. The molecule has 0 unspecified atom stereocenters. The molecule has 0 radical (unpaired) electrons. The third-order valence-electron chi connectivity index (χ3n) is 0.677. The number of nitrogens with zero attached hydrogens (tertiary/aromatic N) is 1. The molecule has 0 bridgehead atoms. The van der Waals surface area contributed by atoms with Crippen LogP contribution >= 0.6 is 0 Å². The number of hydrogen-bond donors (Lipinski definition) is 1. The Kier molecular flexibility index (Phi) is 4.51. The predicted molar refractivity (Wildman–Crippen MR) is 34.7 cm³/mol. The van der Waals surface area contributed by atoms with Crippen LogP contribution in [0.25, 0.3) is 4.85 Å². The molecular formula is C6H10NO2+. The first-order valence-electron chi connectivity index (χ1n) is 2.88. The van der Waals surface area contributed by atoms with Crippen LogP contribution in [0.2, 0.25) is 0 Å². The molecule has 0 rings (SSSR count). The predicted octanol–water partition coefficient (Wildman–Crippen LogP) is 1.20. The second-order valence-electron chi connectivity index (χ2n) is 1.61. The van der Waals surface area contributed by atoms with E-state index in [4.69, 9.17) is 5.11 Å². The van der Waals surface area contributed by atoms with Crippen LogP contribution in [0.15, 0.2) is 0 Å². The quantitative estimate of drug-likeness (QED) is 0.607. The monoisotopic (exact) mass is 128 g/mol. The summed E-state index contributed by atoms with van der Waals surface area (Å²) < 4.78 is 0. The Labute approximate surface area is 54.1 Å². The minimum absolute atomic E-state index is 0.0833. The summed E-state index contributed by atoms with van der Waals surface area (Å²) in [6.45, 7) is 2.65. The highest BCUT2D eigenvalue weighted by Crippen LogP contribution is 1.79. The van der Waals surface area contributed by atoms with Crippen LogP contribution in [-0.2, 0) is 4.79 Å². The fraction of sp³-hybridized carbons (Fsp3) is 0.667. The lowest BCUT2D eigenvalue weighted by Crippen LogP contribution is -1.89. The molecule has 0 saturated carbocycles. The summed E-state index contributed by atoms with van der Waals surface area (Å²) in [5.41, 5.74) is 0. The molecule has 50 valence electrons. The van der Waals surface area contributed by atoms with Crippen LogP contribution in [0, 0.1) is 6.07 Å². The molecule has 0 aliphatic rings. The van der Waals surface area contributed by atoms with Crippen molar-refractivity contribution < 1.29 is 9.90 Å². The van der Waals surface area contributed by atoms with Gasteiger partial charge >= 0.3 is 5.97 Å². The second-order valence-corrected chi connectivity index (χ2v) is 1.61. The summed E-state index contributed by atoms with van der Waals surface area (Å²) in [5, 5.41) is 8.09. The van der Waals surface area contributed by atoms with Crippen LogP contribution in [0.4, 0.5) is 0 Å². The van der Waals surface area contributed by atoms with Gasteiger partial charge in [0.1, 0.15) is 0 Å². The zero-order valence-corrected chi connectivity index (χ0v) is 5.42. The maximum Gasteiger partial charge on any atom is 0.322 e. The molecule has 0 aromatic heterocycles. The van der Waals surface area contributed by atoms with Gasteiger partial charge in [-0.1, -0.05) is 11.8 Å². The van der Waals surface area contributed by atoms with Gasteiger partial charge in [-0.2, -0.15) is 0 Å². The van der Waals surface area contributed by atoms with Crippen molar-refractivity contribution in [3.63, 3.8) is 0 Å². The van der Waals surface area contributed by atoms with E-state index < -0.39 is 5.97 Å². The van der Waals surface area contributed by atoms with Gasteiger partial charge in [-0.25, -0.2) is 0 Å². The molecule has 0 fully saturated rings. The summed E-state index contributed by atoms with van der Waals surface area (Å²) in [6, 6.07) is 2.41. The number of carboxylic acid groups (broad SMARTS) is 1. The number of hydrogen-bond acceptors (Lipinski definition) is 1. The van der Waals surface area contributed by atoms with Crippen molar-refractivity contribution in [3.8, 4) is 6.07 Å². The van der Waals surface area contributed by atoms with E-state index in [0.717, 1.165) is 6.42 Å². The van der Waals surface area contributed by atoms with Gasteiger partial charge in [0, 0.05) is 6.42 Å². The largest absolute Gasteiger partial charge is 0.480 e. The molecule has 3 nitrogen and oxygen atoms in total. The second kappa shape index (κ2) is 5.10. The molecule has 1 N–H and O–H groups in total. The Hall–Kier alpha value is -1.04. The summed E-state index contributed by atoms with van der Waals surface area (Å²) in [4.78, 5) is 13.5. The van der Waals surface area contributed by atoms with Gasteiger partial charge in [0.2, 0.25) is 0 Å². The van der Waals surface area contributed by atoms with Crippen molar-refractivity contribution in [2.45, 2.75) is 19.8 Å². The van der Waals surface area contributed by atoms with E-state index in [2.05, 4.69) is 10.9 Å². The lowest BCUT2D eigenvalue weighted by Gasteiger charge is -1.69. The normalized spacial score (nSPS) is 7.67. The van der Waals surface area contributed by atoms with Crippen molar-refractivity contribution in [1.82, 2.24) is 0 Å². The zero-order valence-electron chi connectivity index (χ0n) is 5.42. The van der Waals surface area contributed by atoms with Gasteiger partial charge in [0.15, 0.2) is 6.42 Å². The third-order valence-corrected chi connectivity index (χ3v) is 0.677. The topological polar surface area (TPSA) is 41.7 Å². The van der Waals surface area contributed by atoms with Gasteiger partial charge in [-0.3, -0.25) is 4.79 Å². The molecule has 0 aromatic rings. The molecule has 0 saturated heterocycles. The maximum atomic E-state index is 9.84. The van der Waals surface area contributed by atoms with Crippen LogP contribution in [-0.4, -0.2) is 17.6 Å². The van der Waals surface area contributed by atoms with E-state index in [9.17, 15) is 4.79 Å². The molecule has 0 atom stereocenters. The van der Waals surface area contributed by atoms with E-state index >= 15 is 0 Å². The van der Waals surface area contributed by atoms with Crippen LogP contribution in [0.1, 0.15) is 19.8 Å². The molecule has 0 aliphatic heterocycles. The minimum Gasteiger partial charge on any atom is -0.480 e. The van der Waals surface area contributed by atoms with E-state index in [1.807, 2.05) is 6.92 Å². The smallest absolute Gasteiger partial charge is 0.322 e. The molecule has 9 heavy (non-hydrogen) atoms. The summed E-state index contributed by atoms with van der Waals surface area (Å²) >= 11 is 0. The van der Waals surface area contributed by atoms with Gasteiger partial charge in [-0.15, -0.1) is 0 Å². The maximum absolute atomic E-state index is 9.84. The van der Waals surface area contributed by atoms with Gasteiger partial charge < -0.3 is 5.11 Å². The first-order chi connectivity index (χ1) is 4.27. The summed E-state index contributed by atoms with van der Waals surface area (Å²) in [6.07, 6.45) is 0.854. The Morgan fingerprint density at radius 1 is 1.78 bits per heavy atom. The van der Waals surface area contributed by atoms with E-state index in [1.165, 1.54) is 0 Å². The lowest BCUT2D eigenvalue weighted by molar-refractivity contribution is -0.135. The fourth-order valence-electron chi connectivity index (χ4n) is 0.314. The van der Waals surface area contributed by atoms with E-state index in [-0.39, 0.29) is 6.42 Å². The van der Waals surface area contributed by atoms with Crippen molar-refractivity contribution in [1.29, 1.82) is 0 Å². The van der Waals surface area contributed by atoms with Gasteiger partial charge in [0.25, 0.3) is 12.6 Å². The van der Waals surface area contributed by atoms with Gasteiger partial charge in [-0.05, 0) is 0 Å². The highest BCUT2D eigenvalue weighted by molar-refractivity contribution is 5.69. The Balaban J connectivity index is 3.26. The molecule has 0 amide bonds. The van der Waals surface area contributed by atoms with Crippen LogP contribution in [0.5, 0.6) is 0 Å². The molecule has 0 spiro atoms. The fourth-order valence-corrected chi connectivity index (χ4v) is 0.314. The summed E-state index contributed by atoms with van der Waals surface area (Å²) in [5.74, 6) is -0.880. The SMILES string of the molecule is CCC[N+]#CCC(=O)O. The first-order valence-corrected chi connectivity index (χ1v) is 2.88. The highest BCUT2D eigenvalue weighted by atomic mass is 16.4. The van der Waals surface area contributed by atoms with Crippen LogP contribution in [0.3, 0.4) is 0 Å². The van der Waals surface area contributed by atoms with Crippen molar-refractivity contribution in [2.24, 2.45) is 0 Å². The number of carbonyl (C=O) groups is 1. The lowest BCUT2D eigenvalue weighted by atomic mass is 10.5. The number of carboxylic acids is 1. The Morgan fingerprint density at radius 3 is 2.89 bits per heavy atom. The zero-order chi connectivity index (χ0) is 7.11. The average molecular weight is 128 g/mol. The highest BCUT2D eigenvalue weighted by Gasteiger charge is 1.95. The van der Waals surface area contributed by atoms with Crippen molar-refractivity contribution >= 4 is 5.97 Å². The molecule has 3 heteroatoms. The average Bonchev–Trinajstić information content (AvgIpc) is 1.80. The van der Waals surface area contributed by atoms with Crippen molar-refractivity contribution in [3.05, 3.63) is 4.85 Å². The first kappa shape index (κ1) is 7.96. The van der Waals surface area contributed by atoms with E-state index in [0.29, 0.717) is 6.54 Å². The third kappa shape index (κ3) is 6.96. The van der Waals surface area contributed by atoms with E-state index in [1.54, 1.807) is 0 Å². The van der Waals surface area contributed by atoms with Crippen molar-refractivity contribution in [2.75, 3.05) is 6.54 Å². The molecular weight excluding hydrogens is 118 g/mol.